The Labute approximate surface area is 118 Å². The maximum absolute atomic E-state index is 12.1. The second-order valence-corrected chi connectivity index (χ2v) is 5.28. The summed E-state index contributed by atoms with van der Waals surface area (Å²) >= 11 is 0. The predicted molar refractivity (Wildman–Crippen MR) is 73.2 cm³/mol. The molecule has 20 heavy (non-hydrogen) atoms. The lowest BCUT2D eigenvalue weighted by molar-refractivity contribution is -0.140. The van der Waals surface area contributed by atoms with Crippen molar-refractivity contribution in [2.75, 3.05) is 13.1 Å². The molecule has 0 aliphatic carbocycles. The lowest BCUT2D eigenvalue weighted by atomic mass is 9.99. The first-order valence-electron chi connectivity index (χ1n) is 6.90. The number of carbonyl (C=O) groups excluding carboxylic acids is 2. The number of aliphatic carboxylic acids is 1. The first-order chi connectivity index (χ1) is 9.35. The van der Waals surface area contributed by atoms with Crippen molar-refractivity contribution in [2.24, 2.45) is 5.92 Å². The fourth-order valence-corrected chi connectivity index (χ4v) is 2.26. The average molecular weight is 285 g/mol. The van der Waals surface area contributed by atoms with Crippen LogP contribution in [0.5, 0.6) is 0 Å². The number of carbonyl (C=O) groups is 3. The van der Waals surface area contributed by atoms with Crippen LogP contribution in [0.1, 0.15) is 33.6 Å². The van der Waals surface area contributed by atoms with Gasteiger partial charge in [0.15, 0.2) is 0 Å². The Balaban J connectivity index is 2.54. The van der Waals surface area contributed by atoms with E-state index >= 15 is 0 Å². The van der Waals surface area contributed by atoms with Crippen molar-refractivity contribution in [3.63, 3.8) is 0 Å². The van der Waals surface area contributed by atoms with Crippen LogP contribution in [0.25, 0.3) is 0 Å². The highest BCUT2D eigenvalue weighted by molar-refractivity contribution is 5.83. The van der Waals surface area contributed by atoms with Gasteiger partial charge in [-0.1, -0.05) is 20.3 Å². The van der Waals surface area contributed by atoms with Gasteiger partial charge in [-0.15, -0.1) is 0 Å². The number of nitrogens with zero attached hydrogens (tertiary/aromatic N) is 1. The molecule has 7 heteroatoms. The minimum atomic E-state index is -1.02. The van der Waals surface area contributed by atoms with Crippen molar-refractivity contribution < 1.29 is 19.5 Å². The van der Waals surface area contributed by atoms with Crippen LogP contribution in [0.4, 0.5) is 4.79 Å². The van der Waals surface area contributed by atoms with Crippen molar-refractivity contribution in [1.29, 1.82) is 0 Å². The third-order valence-electron chi connectivity index (χ3n) is 3.64. The van der Waals surface area contributed by atoms with E-state index in [-0.39, 0.29) is 23.9 Å². The molecular formula is C13H23N3O4. The molecule has 0 aromatic carbocycles. The van der Waals surface area contributed by atoms with Crippen LogP contribution in [-0.2, 0) is 9.59 Å². The summed E-state index contributed by atoms with van der Waals surface area (Å²) in [5.74, 6) is -1.28. The summed E-state index contributed by atoms with van der Waals surface area (Å²) in [4.78, 5) is 35.7. The van der Waals surface area contributed by atoms with E-state index < -0.39 is 12.0 Å². The molecule has 0 radical (unpaired) electrons. The quantitative estimate of drug-likeness (QED) is 0.681. The molecule has 0 saturated carbocycles. The molecule has 1 aliphatic heterocycles. The Morgan fingerprint density at radius 1 is 1.40 bits per heavy atom. The lowest BCUT2D eigenvalue weighted by Crippen LogP contribution is -2.50. The summed E-state index contributed by atoms with van der Waals surface area (Å²) in [6.07, 6.45) is 1.36. The van der Waals surface area contributed by atoms with Crippen molar-refractivity contribution >= 4 is 17.9 Å². The zero-order chi connectivity index (χ0) is 15.3. The first-order valence-corrected chi connectivity index (χ1v) is 6.90. The molecule has 3 amide bonds. The number of rotatable bonds is 5. The summed E-state index contributed by atoms with van der Waals surface area (Å²) < 4.78 is 0. The van der Waals surface area contributed by atoms with Gasteiger partial charge in [-0.3, -0.25) is 4.79 Å². The first kappa shape index (κ1) is 16.3. The third-order valence-corrected chi connectivity index (χ3v) is 3.64. The van der Waals surface area contributed by atoms with E-state index in [1.54, 1.807) is 11.8 Å². The van der Waals surface area contributed by atoms with Crippen LogP contribution in [0.3, 0.4) is 0 Å². The SMILES string of the molecule is CC[C@H](C)[C@H](NC(=O)N1CCC(NC(C)=O)C1)C(=O)O. The second-order valence-electron chi connectivity index (χ2n) is 5.28. The zero-order valence-electron chi connectivity index (χ0n) is 12.2. The van der Waals surface area contributed by atoms with Crippen LogP contribution in [0, 0.1) is 5.92 Å². The number of carboxylic acid groups (broad SMARTS) is 1. The standard InChI is InChI=1S/C13H23N3O4/c1-4-8(2)11(12(18)19)15-13(20)16-6-5-10(7-16)14-9(3)17/h8,10-11H,4-7H2,1-3H3,(H,14,17)(H,15,20)(H,18,19)/t8-,10?,11-/m0/s1. The molecule has 0 aromatic rings. The number of hydrogen-bond acceptors (Lipinski definition) is 3. The Morgan fingerprint density at radius 3 is 2.55 bits per heavy atom. The normalized spacial score (nSPS) is 21.1. The molecule has 1 rings (SSSR count). The number of amides is 3. The van der Waals surface area contributed by atoms with Gasteiger partial charge in [-0.25, -0.2) is 9.59 Å². The molecule has 1 heterocycles. The van der Waals surface area contributed by atoms with Gasteiger partial charge >= 0.3 is 12.0 Å². The van der Waals surface area contributed by atoms with Crippen molar-refractivity contribution in [3.8, 4) is 0 Å². The topological polar surface area (TPSA) is 98.7 Å². The van der Waals surface area contributed by atoms with Gasteiger partial charge in [0.2, 0.25) is 5.91 Å². The average Bonchev–Trinajstić information content (AvgIpc) is 2.82. The van der Waals surface area contributed by atoms with Gasteiger partial charge in [-0.05, 0) is 12.3 Å². The summed E-state index contributed by atoms with van der Waals surface area (Å²) in [5, 5.41) is 14.5. The Hall–Kier alpha value is -1.79. The van der Waals surface area contributed by atoms with Gasteiger partial charge in [0.25, 0.3) is 0 Å². The molecule has 3 atom stereocenters. The van der Waals surface area contributed by atoms with Gasteiger partial charge in [0.05, 0.1) is 0 Å². The molecule has 1 saturated heterocycles. The minimum Gasteiger partial charge on any atom is -0.480 e. The molecular weight excluding hydrogens is 262 g/mol. The van der Waals surface area contributed by atoms with Crippen LogP contribution < -0.4 is 10.6 Å². The van der Waals surface area contributed by atoms with Gasteiger partial charge in [0.1, 0.15) is 6.04 Å². The van der Waals surface area contributed by atoms with E-state index in [1.165, 1.54) is 6.92 Å². The Kier molecular flexibility index (Phi) is 5.79. The highest BCUT2D eigenvalue weighted by atomic mass is 16.4. The molecule has 7 nitrogen and oxygen atoms in total. The molecule has 1 aliphatic rings. The number of hydrogen-bond donors (Lipinski definition) is 3. The molecule has 114 valence electrons. The van der Waals surface area contributed by atoms with E-state index in [0.29, 0.717) is 25.9 Å². The number of carboxylic acids is 1. The van der Waals surface area contributed by atoms with Gasteiger partial charge < -0.3 is 20.6 Å². The molecule has 1 fully saturated rings. The molecule has 0 spiro atoms. The van der Waals surface area contributed by atoms with Crippen molar-refractivity contribution in [3.05, 3.63) is 0 Å². The number of nitrogens with one attached hydrogen (secondary N) is 2. The van der Waals surface area contributed by atoms with Crippen molar-refractivity contribution in [1.82, 2.24) is 15.5 Å². The molecule has 0 bridgehead atoms. The number of urea groups is 1. The fraction of sp³-hybridized carbons (Fsp3) is 0.769. The predicted octanol–water partition coefficient (Wildman–Crippen LogP) is 0.406. The summed E-state index contributed by atoms with van der Waals surface area (Å²) in [5.41, 5.74) is 0. The highest BCUT2D eigenvalue weighted by Gasteiger charge is 2.31. The van der Waals surface area contributed by atoms with Crippen LogP contribution >= 0.6 is 0 Å². The highest BCUT2D eigenvalue weighted by Crippen LogP contribution is 2.12. The summed E-state index contributed by atoms with van der Waals surface area (Å²) in [6, 6.07) is -1.32. The van der Waals surface area contributed by atoms with Crippen LogP contribution in [0.15, 0.2) is 0 Å². The lowest BCUT2D eigenvalue weighted by Gasteiger charge is -2.24. The van der Waals surface area contributed by atoms with Gasteiger partial charge in [-0.2, -0.15) is 0 Å². The maximum atomic E-state index is 12.1. The van der Waals surface area contributed by atoms with E-state index in [0.717, 1.165) is 0 Å². The van der Waals surface area contributed by atoms with Crippen LogP contribution in [-0.4, -0.2) is 53.1 Å². The summed E-state index contributed by atoms with van der Waals surface area (Å²) in [7, 11) is 0. The van der Waals surface area contributed by atoms with Crippen molar-refractivity contribution in [2.45, 2.75) is 45.7 Å². The largest absolute Gasteiger partial charge is 0.480 e. The minimum absolute atomic E-state index is 0.0508. The summed E-state index contributed by atoms with van der Waals surface area (Å²) in [6.45, 7) is 6.05. The van der Waals surface area contributed by atoms with Crippen LogP contribution in [0.2, 0.25) is 0 Å². The third kappa shape index (κ3) is 4.40. The molecule has 0 aromatic heterocycles. The molecule has 1 unspecified atom stereocenters. The Bertz CT molecular complexity index is 386. The second kappa shape index (κ2) is 7.12. The molecule has 3 N–H and O–H groups in total. The monoisotopic (exact) mass is 285 g/mol. The van der Waals surface area contributed by atoms with Gasteiger partial charge in [0, 0.05) is 26.1 Å². The van der Waals surface area contributed by atoms with E-state index in [9.17, 15) is 14.4 Å². The van der Waals surface area contributed by atoms with E-state index in [2.05, 4.69) is 10.6 Å². The van der Waals surface area contributed by atoms with E-state index in [4.69, 9.17) is 5.11 Å². The van der Waals surface area contributed by atoms with E-state index in [1.807, 2.05) is 6.92 Å². The number of likely N-dealkylation sites (tertiary alicyclic amines) is 1. The smallest absolute Gasteiger partial charge is 0.326 e. The fourth-order valence-electron chi connectivity index (χ4n) is 2.26. The maximum Gasteiger partial charge on any atom is 0.326 e. The zero-order valence-corrected chi connectivity index (χ0v) is 12.2. The Morgan fingerprint density at radius 2 is 2.05 bits per heavy atom.